The SMILES string of the molecule is COc1ccc(C(OCC[C@H]2O[C@@H](OCCCNC(=O)CNC(=O)OCC(COC(=O)NCC(=O)NCCCO[C@@H]3O[C@H](COC(c4ccccc4)(c4ccc(OC)cc4)c4ccc(OC)cc4)[C@H](OC(C)=O)[C@H](OC(C)=O)[C@H]3NC(C)=O)OP(OCCC#N)N(C(C)C)C(C)C)[C@H](NC(C)=O)[C@@H](OC(C)=O)[C@H]2OC(C)=O)(c2ccccc2)c2ccc(OC)cc2)cc1. The first kappa shape index (κ1) is 102. The number of nitrogens with one attached hydrogen (secondary N) is 6. The normalized spacial score (nSPS) is 19.0. The number of alkyl carbamates (subject to hydrolysis) is 2. The summed E-state index contributed by atoms with van der Waals surface area (Å²) in [7, 11) is 4.19. The van der Waals surface area contributed by atoms with Crippen molar-refractivity contribution in [1.29, 1.82) is 5.26 Å². The molecule has 2 aliphatic rings. The van der Waals surface area contributed by atoms with Crippen LogP contribution in [0.1, 0.15) is 128 Å². The van der Waals surface area contributed by atoms with E-state index in [1.54, 1.807) is 52.7 Å². The third-order valence-electron chi connectivity index (χ3n) is 20.1. The maximum Gasteiger partial charge on any atom is 0.407 e. The summed E-state index contributed by atoms with van der Waals surface area (Å²) in [6.45, 7) is 11.6. The zero-order chi connectivity index (χ0) is 92.9. The number of amides is 6. The summed E-state index contributed by atoms with van der Waals surface area (Å²) in [6.07, 6.45) is -13.6. The lowest BCUT2D eigenvalue weighted by atomic mass is 9.80. The topological polar surface area (TPSA) is 436 Å². The van der Waals surface area contributed by atoms with Gasteiger partial charge in [0.2, 0.25) is 23.6 Å². The average Bonchev–Trinajstić information content (AvgIpc) is 0.748. The zero-order valence-electron chi connectivity index (χ0n) is 74.4. The highest BCUT2D eigenvalue weighted by Crippen LogP contribution is 2.48. The van der Waals surface area contributed by atoms with Gasteiger partial charge < -0.3 is 117 Å². The Morgan fingerprint density at radius 2 is 0.797 bits per heavy atom. The molecule has 0 saturated carbocycles. The molecule has 6 N–H and O–H groups in total. The fraction of sp³-hybridized carbons (Fsp3) is 0.484. The number of nitrogens with zero attached hydrogens (tertiary/aromatic N) is 2. The number of ether oxygens (including phenoxy) is 16. The first-order valence-electron chi connectivity index (χ1n) is 41.8. The summed E-state index contributed by atoms with van der Waals surface area (Å²) in [5.74, 6) is -3.11. The van der Waals surface area contributed by atoms with E-state index in [-0.39, 0.29) is 83.9 Å². The van der Waals surface area contributed by atoms with Crippen LogP contribution in [0.4, 0.5) is 9.59 Å². The van der Waals surface area contributed by atoms with Gasteiger partial charge in [-0.25, -0.2) is 14.3 Å². The molecule has 694 valence electrons. The number of hydrogen-bond acceptors (Lipinski definition) is 30. The van der Waals surface area contributed by atoms with E-state index in [4.69, 9.17) is 84.8 Å². The van der Waals surface area contributed by atoms with Gasteiger partial charge in [0, 0.05) is 73.1 Å². The van der Waals surface area contributed by atoms with E-state index < -0.39 is 173 Å². The third-order valence-corrected chi connectivity index (χ3v) is 22.3. The molecule has 0 bridgehead atoms. The predicted molar refractivity (Wildman–Crippen MR) is 462 cm³/mol. The minimum atomic E-state index is -2.03. The summed E-state index contributed by atoms with van der Waals surface area (Å²) >= 11 is 0. The van der Waals surface area contributed by atoms with Crippen molar-refractivity contribution in [2.75, 3.05) is 101 Å². The monoisotopic (exact) mass is 1800 g/mol. The molecule has 2 fully saturated rings. The van der Waals surface area contributed by atoms with E-state index in [9.17, 15) is 53.2 Å². The molecule has 2 saturated heterocycles. The van der Waals surface area contributed by atoms with Crippen LogP contribution < -0.4 is 50.8 Å². The Balaban J connectivity index is 0.869. The van der Waals surface area contributed by atoms with E-state index in [2.05, 4.69) is 31.9 Å². The summed E-state index contributed by atoms with van der Waals surface area (Å²) in [4.78, 5) is 131. The van der Waals surface area contributed by atoms with Crippen molar-refractivity contribution in [3.8, 4) is 29.1 Å². The van der Waals surface area contributed by atoms with Gasteiger partial charge in [0.15, 0.2) is 37.0 Å². The molecule has 6 aromatic carbocycles. The first-order chi connectivity index (χ1) is 61.5. The molecular weight excluding hydrogens is 1680 g/mol. The molecule has 37 heteroatoms. The first-order valence-corrected chi connectivity index (χ1v) is 42.9. The summed E-state index contributed by atoms with van der Waals surface area (Å²) in [5, 5.41) is 25.0. The van der Waals surface area contributed by atoms with Gasteiger partial charge in [-0.3, -0.25) is 38.4 Å². The van der Waals surface area contributed by atoms with Crippen molar-refractivity contribution in [3.63, 3.8) is 0 Å². The second-order valence-corrected chi connectivity index (χ2v) is 31.5. The van der Waals surface area contributed by atoms with Crippen molar-refractivity contribution >= 4 is 68.2 Å². The summed E-state index contributed by atoms with van der Waals surface area (Å²) in [6, 6.07) is 47.4. The third kappa shape index (κ3) is 29.7. The van der Waals surface area contributed by atoms with E-state index in [1.165, 1.54) is 34.6 Å². The van der Waals surface area contributed by atoms with Crippen molar-refractivity contribution in [2.24, 2.45) is 0 Å². The molecule has 2 aliphatic heterocycles. The van der Waals surface area contributed by atoms with Crippen LogP contribution in [0.15, 0.2) is 158 Å². The van der Waals surface area contributed by atoms with Gasteiger partial charge in [-0.1, -0.05) is 109 Å². The van der Waals surface area contributed by atoms with Gasteiger partial charge >= 0.3 is 36.1 Å². The fourth-order valence-electron chi connectivity index (χ4n) is 14.6. The number of carbonyl (C=O) groups is 10. The van der Waals surface area contributed by atoms with Crippen LogP contribution in [0.5, 0.6) is 23.0 Å². The summed E-state index contributed by atoms with van der Waals surface area (Å²) in [5.41, 5.74) is 1.55. The molecule has 0 spiro atoms. The Hall–Kier alpha value is -11.6. The molecule has 36 nitrogen and oxygen atoms in total. The van der Waals surface area contributed by atoms with Crippen LogP contribution in [0, 0.1) is 11.3 Å². The quantitative estimate of drug-likeness (QED) is 0.00683. The van der Waals surface area contributed by atoms with Crippen LogP contribution in [0.3, 0.4) is 0 Å². The average molecular weight is 1800 g/mol. The summed E-state index contributed by atoms with van der Waals surface area (Å²) < 4.78 is 111. The standard InChI is InChI=1S/C91H117N8O28P/c1-57(2)99(58(3)4)128(120-50-21-45-92)127-75(55-117-89(109)96-53-79(107)94-47-23-49-115-87-81(98-60(6)101)85(124-64(10)105)83(122-62(8)103)77(126-87)56-119-91(66-26-19-16-20-27-66,69-32-40-73(112-13)41-33-69)70-34-42-74(113-14)43-35-70)54-116-88(108)95-52-78(106)93-46-22-48-114-86-80(97-59(5)100)84(123-63(9)104)82(121-61(7)102)76(125-86)44-51-118-90(65-24-17-15-18-25-65,67-28-36-71(110-11)37-29-67)68-30-38-72(111-12)39-31-68/h15-20,24-43,57-58,75-77,80-87H,21-23,44,46-56H2,1-14H3,(H,93,106)(H,94,107)(H,95,108)(H,96,109)(H,97,100)(H,98,101)/t75?,76-,77-,80-,81-,82+,83+,84-,85-,86-,87-,128?/m1/s1. The minimum absolute atomic E-state index is 0.00248. The minimum Gasteiger partial charge on any atom is -0.497 e. The van der Waals surface area contributed by atoms with Crippen molar-refractivity contribution in [3.05, 3.63) is 191 Å². The molecule has 0 aromatic heterocycles. The maximum atomic E-state index is 13.4. The Bertz CT molecular complexity index is 4470. The van der Waals surface area contributed by atoms with Crippen LogP contribution in [-0.4, -0.2) is 245 Å². The highest BCUT2D eigenvalue weighted by atomic mass is 31.2. The van der Waals surface area contributed by atoms with Gasteiger partial charge in [0.25, 0.3) is 8.53 Å². The van der Waals surface area contributed by atoms with Crippen LogP contribution >= 0.6 is 8.53 Å². The van der Waals surface area contributed by atoms with Crippen LogP contribution in [0.2, 0.25) is 0 Å². The highest BCUT2D eigenvalue weighted by Gasteiger charge is 2.54. The van der Waals surface area contributed by atoms with Gasteiger partial charge in [-0.15, -0.1) is 0 Å². The molecule has 0 aliphatic carbocycles. The van der Waals surface area contributed by atoms with Gasteiger partial charge in [0.1, 0.15) is 77.8 Å². The molecule has 0 radical (unpaired) electrons. The predicted octanol–water partition coefficient (Wildman–Crippen LogP) is 8.77. The molecular formula is C91H117N8O28P. The lowest BCUT2D eigenvalue weighted by Crippen LogP contribution is -2.66. The Labute approximate surface area is 746 Å². The second-order valence-electron chi connectivity index (χ2n) is 30.1. The van der Waals surface area contributed by atoms with Gasteiger partial charge in [-0.05, 0) is 122 Å². The lowest BCUT2D eigenvalue weighted by Gasteiger charge is -2.46. The number of methoxy groups -OCH3 is 4. The molecule has 2 unspecified atom stereocenters. The Kier molecular flexibility index (Phi) is 40.9. The van der Waals surface area contributed by atoms with Crippen molar-refractivity contribution < 1.29 is 133 Å². The van der Waals surface area contributed by atoms with Crippen LogP contribution in [-0.2, 0) is 115 Å². The van der Waals surface area contributed by atoms with Crippen molar-refractivity contribution in [2.45, 2.75) is 186 Å². The molecule has 128 heavy (non-hydrogen) atoms. The smallest absolute Gasteiger partial charge is 0.407 e. The number of esters is 4. The molecule has 8 rings (SSSR count). The number of benzene rings is 6. The van der Waals surface area contributed by atoms with E-state index in [1.807, 2.05) is 172 Å². The highest BCUT2D eigenvalue weighted by molar-refractivity contribution is 7.44. The van der Waals surface area contributed by atoms with Gasteiger partial charge in [0.05, 0.1) is 87.1 Å². The lowest BCUT2D eigenvalue weighted by molar-refractivity contribution is -0.282. The second kappa shape index (κ2) is 51.4. The number of rotatable bonds is 49. The van der Waals surface area contributed by atoms with E-state index in [0.29, 0.717) is 39.7 Å². The molecule has 2 heterocycles. The fourth-order valence-corrected chi connectivity index (χ4v) is 16.3. The molecule has 12 atom stereocenters. The van der Waals surface area contributed by atoms with E-state index in [0.717, 1.165) is 23.6 Å². The van der Waals surface area contributed by atoms with Gasteiger partial charge in [-0.2, -0.15) is 5.26 Å². The van der Waals surface area contributed by atoms with E-state index >= 15 is 0 Å². The maximum absolute atomic E-state index is 13.4. The Morgan fingerprint density at radius 3 is 1.15 bits per heavy atom. The van der Waals surface area contributed by atoms with Crippen LogP contribution in [0.25, 0.3) is 0 Å². The molecule has 6 amide bonds. The number of nitriles is 1. The number of carbonyl (C=O) groups excluding carboxylic acids is 10. The molecule has 6 aromatic rings. The number of hydrogen-bond donors (Lipinski definition) is 6. The van der Waals surface area contributed by atoms with Crippen molar-refractivity contribution in [1.82, 2.24) is 36.6 Å². The Morgan fingerprint density at radius 1 is 0.445 bits per heavy atom. The largest absolute Gasteiger partial charge is 0.497 e. The zero-order valence-corrected chi connectivity index (χ0v) is 75.3.